The summed E-state index contributed by atoms with van der Waals surface area (Å²) in [6, 6.07) is 1.02. The molecule has 0 spiro atoms. The molecule has 0 unspecified atom stereocenters. The molecule has 30 heavy (non-hydrogen) atoms. The predicted molar refractivity (Wildman–Crippen MR) is 101 cm³/mol. The highest BCUT2D eigenvalue weighted by atomic mass is 19.1. The van der Waals surface area contributed by atoms with Crippen molar-refractivity contribution in [1.29, 1.82) is 5.41 Å². The van der Waals surface area contributed by atoms with E-state index in [0.29, 0.717) is 12.1 Å². The maximum absolute atomic E-state index is 13.9. The van der Waals surface area contributed by atoms with Crippen LogP contribution in [-0.2, 0) is 16.1 Å². The fourth-order valence-corrected chi connectivity index (χ4v) is 2.16. The van der Waals surface area contributed by atoms with E-state index in [0.717, 1.165) is 12.4 Å². The third-order valence-electron chi connectivity index (χ3n) is 3.50. The third-order valence-corrected chi connectivity index (χ3v) is 3.50. The van der Waals surface area contributed by atoms with Crippen molar-refractivity contribution in [2.75, 3.05) is 23.8 Å². The van der Waals surface area contributed by atoms with Crippen LogP contribution < -0.4 is 16.0 Å². The lowest BCUT2D eigenvalue weighted by molar-refractivity contribution is -0.141. The molecular formula is C18H18F4N6O2. The summed E-state index contributed by atoms with van der Waals surface area (Å²) in [7, 11) is 0. The zero-order valence-electron chi connectivity index (χ0n) is 15.7. The van der Waals surface area contributed by atoms with E-state index >= 15 is 0 Å². The van der Waals surface area contributed by atoms with Crippen LogP contribution in [0.3, 0.4) is 0 Å². The van der Waals surface area contributed by atoms with Crippen molar-refractivity contribution < 1.29 is 27.1 Å². The minimum absolute atomic E-state index is 0.132. The molecule has 0 bridgehead atoms. The summed E-state index contributed by atoms with van der Waals surface area (Å²) >= 11 is 0. The first-order valence-corrected chi connectivity index (χ1v) is 8.60. The van der Waals surface area contributed by atoms with Gasteiger partial charge in [0.25, 0.3) is 0 Å². The number of esters is 1. The molecule has 1 heterocycles. The van der Waals surface area contributed by atoms with Crippen molar-refractivity contribution in [2.45, 2.75) is 13.5 Å². The number of carbonyl (C=O) groups is 1. The average molecular weight is 426 g/mol. The van der Waals surface area contributed by atoms with Crippen LogP contribution in [0.5, 0.6) is 0 Å². The Labute approximate surface area is 168 Å². The third kappa shape index (κ3) is 6.43. The minimum Gasteiger partial charge on any atom is -0.465 e. The quantitative estimate of drug-likeness (QED) is 0.263. The predicted octanol–water partition coefficient (Wildman–Crippen LogP) is 2.70. The fraction of sp³-hybridized carbons (Fsp3) is 0.222. The molecule has 160 valence electrons. The standard InChI is InChI=1S/C18H18F4N6O2/c1-2-30-16(29)9-24-6-11(5-23)27-18-26-8-15(22)17(28-18)25-7-12-13(20)3-10(19)4-14(12)21/h3-6,8,23-24H,2,7,9H2,1H3,(H2,25,26,27,28)/b11-6+,23-5?. The van der Waals surface area contributed by atoms with Crippen molar-refractivity contribution in [3.8, 4) is 0 Å². The van der Waals surface area contributed by atoms with Gasteiger partial charge in [0.15, 0.2) is 11.6 Å². The van der Waals surface area contributed by atoms with E-state index < -0.39 is 41.3 Å². The number of aromatic nitrogens is 2. The molecule has 0 atom stereocenters. The second kappa shape index (κ2) is 10.7. The molecule has 12 heteroatoms. The van der Waals surface area contributed by atoms with Gasteiger partial charge in [-0.15, -0.1) is 0 Å². The van der Waals surface area contributed by atoms with Crippen molar-refractivity contribution in [3.63, 3.8) is 0 Å². The second-order valence-corrected chi connectivity index (χ2v) is 5.65. The van der Waals surface area contributed by atoms with Gasteiger partial charge in [0.1, 0.15) is 24.0 Å². The molecule has 2 aromatic rings. The Morgan fingerprint density at radius 3 is 2.53 bits per heavy atom. The van der Waals surface area contributed by atoms with Crippen LogP contribution in [0.15, 0.2) is 30.2 Å². The molecule has 0 saturated carbocycles. The summed E-state index contributed by atoms with van der Waals surface area (Å²) in [4.78, 5) is 18.8. The van der Waals surface area contributed by atoms with Crippen LogP contribution in [0, 0.1) is 28.7 Å². The van der Waals surface area contributed by atoms with E-state index in [4.69, 9.17) is 10.1 Å². The maximum Gasteiger partial charge on any atom is 0.325 e. The molecule has 0 aliphatic rings. The van der Waals surface area contributed by atoms with Crippen molar-refractivity contribution in [3.05, 3.63) is 59.1 Å². The number of nitrogens with one attached hydrogen (secondary N) is 4. The number of carbonyl (C=O) groups excluding carboxylic acids is 1. The van der Waals surface area contributed by atoms with Crippen LogP contribution in [-0.4, -0.2) is 35.3 Å². The van der Waals surface area contributed by atoms with Crippen LogP contribution >= 0.6 is 0 Å². The van der Waals surface area contributed by atoms with Gasteiger partial charge in [-0.3, -0.25) is 4.79 Å². The number of anilines is 2. The van der Waals surface area contributed by atoms with Crippen LogP contribution in [0.1, 0.15) is 12.5 Å². The van der Waals surface area contributed by atoms with Gasteiger partial charge < -0.3 is 26.1 Å². The summed E-state index contributed by atoms with van der Waals surface area (Å²) in [5.41, 5.74) is -0.361. The molecule has 0 saturated heterocycles. The Kier molecular flexibility index (Phi) is 8.08. The Hall–Kier alpha value is -3.70. The highest BCUT2D eigenvalue weighted by Crippen LogP contribution is 2.18. The van der Waals surface area contributed by atoms with E-state index in [1.165, 1.54) is 6.20 Å². The summed E-state index contributed by atoms with van der Waals surface area (Å²) in [6.07, 6.45) is 2.98. The van der Waals surface area contributed by atoms with Gasteiger partial charge in [0.2, 0.25) is 5.95 Å². The van der Waals surface area contributed by atoms with Gasteiger partial charge in [-0.2, -0.15) is 4.98 Å². The Bertz CT molecular complexity index is 931. The zero-order chi connectivity index (χ0) is 22.1. The lowest BCUT2D eigenvalue weighted by Crippen LogP contribution is -2.22. The second-order valence-electron chi connectivity index (χ2n) is 5.65. The van der Waals surface area contributed by atoms with Gasteiger partial charge >= 0.3 is 5.97 Å². The zero-order valence-corrected chi connectivity index (χ0v) is 15.7. The van der Waals surface area contributed by atoms with Crippen LogP contribution in [0.2, 0.25) is 0 Å². The number of benzene rings is 1. The van der Waals surface area contributed by atoms with E-state index in [2.05, 4.69) is 25.9 Å². The van der Waals surface area contributed by atoms with Crippen molar-refractivity contribution in [1.82, 2.24) is 15.3 Å². The number of allylic oxidation sites excluding steroid dienone is 1. The number of nitrogens with zero attached hydrogens (tertiary/aromatic N) is 2. The van der Waals surface area contributed by atoms with Gasteiger partial charge in [-0.25, -0.2) is 22.5 Å². The minimum atomic E-state index is -1.13. The fourth-order valence-electron chi connectivity index (χ4n) is 2.16. The SMILES string of the molecule is CCOC(=O)CN/C=C(\C=N)Nc1ncc(F)c(NCc2c(F)cc(F)cc2F)n1. The van der Waals surface area contributed by atoms with E-state index in [9.17, 15) is 22.4 Å². The average Bonchev–Trinajstić information content (AvgIpc) is 2.68. The number of rotatable bonds is 10. The molecule has 1 aromatic heterocycles. The summed E-state index contributed by atoms with van der Waals surface area (Å²) in [5, 5.41) is 15.0. The number of hydrogen-bond donors (Lipinski definition) is 4. The summed E-state index contributed by atoms with van der Waals surface area (Å²) < 4.78 is 59.0. The molecule has 0 fully saturated rings. The van der Waals surface area contributed by atoms with E-state index in [1.54, 1.807) is 6.92 Å². The van der Waals surface area contributed by atoms with Gasteiger partial charge in [0, 0.05) is 36.7 Å². The summed E-state index contributed by atoms with van der Waals surface area (Å²) in [5.74, 6) is -5.24. The van der Waals surface area contributed by atoms with E-state index in [1.807, 2.05) is 0 Å². The Morgan fingerprint density at radius 1 is 1.20 bits per heavy atom. The highest BCUT2D eigenvalue weighted by Gasteiger charge is 2.14. The molecule has 2 rings (SSSR count). The molecule has 1 aromatic carbocycles. The number of ether oxygens (including phenoxy) is 1. The first kappa shape index (κ1) is 22.6. The molecule has 0 amide bonds. The normalized spacial score (nSPS) is 11.0. The van der Waals surface area contributed by atoms with Gasteiger partial charge in [-0.05, 0) is 6.92 Å². The maximum atomic E-state index is 13.9. The Morgan fingerprint density at radius 2 is 1.90 bits per heavy atom. The van der Waals surface area contributed by atoms with Crippen LogP contribution in [0.4, 0.5) is 29.3 Å². The Balaban J connectivity index is 2.07. The first-order valence-electron chi connectivity index (χ1n) is 8.60. The topological polar surface area (TPSA) is 112 Å². The lowest BCUT2D eigenvalue weighted by Gasteiger charge is -2.11. The number of hydrogen-bond acceptors (Lipinski definition) is 8. The molecule has 0 radical (unpaired) electrons. The number of halogens is 4. The molecule has 8 nitrogen and oxygen atoms in total. The lowest BCUT2D eigenvalue weighted by atomic mass is 10.2. The molecule has 0 aliphatic carbocycles. The highest BCUT2D eigenvalue weighted by molar-refractivity contribution is 5.80. The van der Waals surface area contributed by atoms with Crippen molar-refractivity contribution in [2.24, 2.45) is 0 Å². The summed E-state index contributed by atoms with van der Waals surface area (Å²) in [6.45, 7) is 1.25. The van der Waals surface area contributed by atoms with Gasteiger partial charge in [-0.1, -0.05) is 0 Å². The molecular weight excluding hydrogens is 408 g/mol. The largest absolute Gasteiger partial charge is 0.465 e. The monoisotopic (exact) mass is 426 g/mol. The first-order chi connectivity index (χ1) is 14.3. The van der Waals surface area contributed by atoms with Crippen LogP contribution in [0.25, 0.3) is 0 Å². The van der Waals surface area contributed by atoms with Gasteiger partial charge in [0.05, 0.1) is 18.5 Å². The van der Waals surface area contributed by atoms with Crippen molar-refractivity contribution >= 4 is 24.0 Å². The van der Waals surface area contributed by atoms with E-state index in [-0.39, 0.29) is 30.6 Å². The molecule has 0 aliphatic heterocycles. The smallest absolute Gasteiger partial charge is 0.325 e. The molecule has 4 N–H and O–H groups in total.